The highest BCUT2D eigenvalue weighted by molar-refractivity contribution is 7.92. The SMILES string of the molecule is CCS(=O)(=O)Nc1cccc(/C(N)=N\O)c1. The predicted molar refractivity (Wildman–Crippen MR) is 62.0 cm³/mol. The third-order valence-corrected chi connectivity index (χ3v) is 3.23. The van der Waals surface area contributed by atoms with E-state index < -0.39 is 10.0 Å². The van der Waals surface area contributed by atoms with Crippen molar-refractivity contribution in [2.45, 2.75) is 6.92 Å². The van der Waals surface area contributed by atoms with Crippen molar-refractivity contribution in [1.29, 1.82) is 0 Å². The van der Waals surface area contributed by atoms with E-state index in [1.165, 1.54) is 13.0 Å². The summed E-state index contributed by atoms with van der Waals surface area (Å²) < 4.78 is 25.0. The maximum atomic E-state index is 11.3. The molecule has 6 nitrogen and oxygen atoms in total. The average molecular weight is 243 g/mol. The molecule has 4 N–H and O–H groups in total. The predicted octanol–water partition coefficient (Wildman–Crippen LogP) is 0.543. The standard InChI is InChI=1S/C9H13N3O3S/c1-2-16(14,15)12-8-5-3-4-7(6-8)9(10)11-13/h3-6,12-13H,2H2,1H3,(H2,10,11). The van der Waals surface area contributed by atoms with Crippen LogP contribution in [0.2, 0.25) is 0 Å². The summed E-state index contributed by atoms with van der Waals surface area (Å²) in [5, 5.41) is 11.3. The van der Waals surface area contributed by atoms with E-state index in [0.717, 1.165) is 0 Å². The lowest BCUT2D eigenvalue weighted by Crippen LogP contribution is -2.16. The van der Waals surface area contributed by atoms with E-state index in [-0.39, 0.29) is 11.6 Å². The molecule has 0 fully saturated rings. The fourth-order valence-corrected chi connectivity index (χ4v) is 1.68. The minimum absolute atomic E-state index is 0.0131. The van der Waals surface area contributed by atoms with E-state index in [1.807, 2.05) is 0 Å². The Morgan fingerprint density at radius 1 is 1.56 bits per heavy atom. The number of anilines is 1. The molecule has 0 aromatic heterocycles. The van der Waals surface area contributed by atoms with E-state index in [2.05, 4.69) is 9.88 Å². The molecule has 0 aliphatic rings. The van der Waals surface area contributed by atoms with Gasteiger partial charge >= 0.3 is 0 Å². The van der Waals surface area contributed by atoms with Crippen LogP contribution in [-0.2, 0) is 10.0 Å². The summed E-state index contributed by atoms with van der Waals surface area (Å²) in [5.41, 5.74) is 6.21. The molecule has 0 saturated heterocycles. The van der Waals surface area contributed by atoms with Gasteiger partial charge in [-0.1, -0.05) is 17.3 Å². The van der Waals surface area contributed by atoms with Gasteiger partial charge in [-0.2, -0.15) is 0 Å². The van der Waals surface area contributed by atoms with Crippen LogP contribution in [-0.4, -0.2) is 25.2 Å². The molecule has 0 saturated carbocycles. The average Bonchev–Trinajstić information content (AvgIpc) is 2.28. The second kappa shape index (κ2) is 4.84. The number of nitrogens with two attached hydrogens (primary N) is 1. The van der Waals surface area contributed by atoms with Crippen molar-refractivity contribution in [2.75, 3.05) is 10.5 Å². The van der Waals surface area contributed by atoms with Gasteiger partial charge in [-0.3, -0.25) is 4.72 Å². The van der Waals surface area contributed by atoms with Gasteiger partial charge in [0.15, 0.2) is 5.84 Å². The maximum Gasteiger partial charge on any atom is 0.232 e. The first-order valence-corrected chi connectivity index (χ1v) is 6.22. The van der Waals surface area contributed by atoms with Gasteiger partial charge in [-0.05, 0) is 19.1 Å². The molecule has 0 aliphatic carbocycles. The van der Waals surface area contributed by atoms with Crippen LogP contribution in [0.1, 0.15) is 12.5 Å². The molecule has 0 amide bonds. The van der Waals surface area contributed by atoms with Gasteiger partial charge in [-0.15, -0.1) is 0 Å². The molecule has 16 heavy (non-hydrogen) atoms. The maximum absolute atomic E-state index is 11.3. The highest BCUT2D eigenvalue weighted by Crippen LogP contribution is 2.12. The summed E-state index contributed by atoms with van der Waals surface area (Å²) >= 11 is 0. The number of hydrogen-bond donors (Lipinski definition) is 3. The van der Waals surface area contributed by atoms with Crippen LogP contribution < -0.4 is 10.5 Å². The molecule has 1 aromatic carbocycles. The number of sulfonamides is 1. The first-order valence-electron chi connectivity index (χ1n) is 4.57. The van der Waals surface area contributed by atoms with E-state index in [4.69, 9.17) is 10.9 Å². The van der Waals surface area contributed by atoms with Crippen molar-refractivity contribution >= 4 is 21.5 Å². The zero-order chi connectivity index (χ0) is 12.2. The quantitative estimate of drug-likeness (QED) is 0.310. The molecule has 0 aliphatic heterocycles. The summed E-state index contributed by atoms with van der Waals surface area (Å²) in [6.07, 6.45) is 0. The molecular weight excluding hydrogens is 230 g/mol. The highest BCUT2D eigenvalue weighted by Gasteiger charge is 2.07. The van der Waals surface area contributed by atoms with Gasteiger partial charge in [0.25, 0.3) is 0 Å². The first-order chi connectivity index (χ1) is 7.48. The van der Waals surface area contributed by atoms with Crippen molar-refractivity contribution in [1.82, 2.24) is 0 Å². The monoisotopic (exact) mass is 243 g/mol. The Kier molecular flexibility index (Phi) is 3.73. The third-order valence-electron chi connectivity index (χ3n) is 1.92. The number of benzene rings is 1. The van der Waals surface area contributed by atoms with Crippen molar-refractivity contribution in [3.8, 4) is 0 Å². The Morgan fingerprint density at radius 2 is 2.25 bits per heavy atom. The summed E-state index contributed by atoms with van der Waals surface area (Å²) in [6.45, 7) is 1.54. The van der Waals surface area contributed by atoms with E-state index in [1.54, 1.807) is 18.2 Å². The van der Waals surface area contributed by atoms with Crippen molar-refractivity contribution in [2.24, 2.45) is 10.9 Å². The van der Waals surface area contributed by atoms with Crippen LogP contribution in [0.3, 0.4) is 0 Å². The zero-order valence-electron chi connectivity index (χ0n) is 8.71. The van der Waals surface area contributed by atoms with Crippen LogP contribution in [0.25, 0.3) is 0 Å². The Bertz CT molecular complexity index is 496. The number of nitrogens with zero attached hydrogens (tertiary/aromatic N) is 1. The van der Waals surface area contributed by atoms with E-state index >= 15 is 0 Å². The van der Waals surface area contributed by atoms with Gasteiger partial charge < -0.3 is 10.9 Å². The molecule has 1 rings (SSSR count). The van der Waals surface area contributed by atoms with Crippen LogP contribution in [0, 0.1) is 0 Å². The van der Waals surface area contributed by atoms with Crippen molar-refractivity contribution in [3.05, 3.63) is 29.8 Å². The lowest BCUT2D eigenvalue weighted by molar-refractivity contribution is 0.318. The highest BCUT2D eigenvalue weighted by atomic mass is 32.2. The Labute approximate surface area is 93.8 Å². The third kappa shape index (κ3) is 3.13. The number of amidine groups is 1. The topological polar surface area (TPSA) is 105 Å². The first kappa shape index (κ1) is 12.3. The summed E-state index contributed by atoms with van der Waals surface area (Å²) in [7, 11) is -3.31. The van der Waals surface area contributed by atoms with E-state index in [9.17, 15) is 8.42 Å². The van der Waals surface area contributed by atoms with Gasteiger partial charge in [0.2, 0.25) is 10.0 Å². The van der Waals surface area contributed by atoms with Crippen LogP contribution in [0.5, 0.6) is 0 Å². The zero-order valence-corrected chi connectivity index (χ0v) is 9.53. The summed E-state index contributed by atoms with van der Waals surface area (Å²) in [6, 6.07) is 6.29. The van der Waals surface area contributed by atoms with Crippen LogP contribution in [0.4, 0.5) is 5.69 Å². The molecule has 1 aromatic rings. The number of nitrogens with one attached hydrogen (secondary N) is 1. The van der Waals surface area contributed by atoms with Gasteiger partial charge in [0.1, 0.15) is 0 Å². The second-order valence-electron chi connectivity index (χ2n) is 3.07. The van der Waals surface area contributed by atoms with Crippen molar-refractivity contribution < 1.29 is 13.6 Å². The minimum Gasteiger partial charge on any atom is -0.409 e. The molecule has 0 unspecified atom stereocenters. The summed E-state index contributed by atoms with van der Waals surface area (Å²) in [4.78, 5) is 0. The van der Waals surface area contributed by atoms with Crippen molar-refractivity contribution in [3.63, 3.8) is 0 Å². The van der Waals surface area contributed by atoms with Crippen LogP contribution in [0.15, 0.2) is 29.4 Å². The number of oxime groups is 1. The fourth-order valence-electron chi connectivity index (χ4n) is 1.05. The molecule has 0 heterocycles. The Hall–Kier alpha value is -1.76. The fraction of sp³-hybridized carbons (Fsp3) is 0.222. The molecular formula is C9H13N3O3S. The largest absolute Gasteiger partial charge is 0.409 e. The lowest BCUT2D eigenvalue weighted by Gasteiger charge is -2.07. The smallest absolute Gasteiger partial charge is 0.232 e. The van der Waals surface area contributed by atoms with Gasteiger partial charge in [-0.25, -0.2) is 8.42 Å². The Balaban J connectivity index is 3.00. The molecule has 7 heteroatoms. The molecule has 0 radical (unpaired) electrons. The molecule has 88 valence electrons. The Morgan fingerprint density at radius 3 is 2.81 bits per heavy atom. The molecule has 0 spiro atoms. The molecule has 0 atom stereocenters. The molecule has 0 bridgehead atoms. The second-order valence-corrected chi connectivity index (χ2v) is 5.08. The summed E-state index contributed by atoms with van der Waals surface area (Å²) in [5.74, 6) is -0.0848. The van der Waals surface area contributed by atoms with E-state index in [0.29, 0.717) is 11.3 Å². The van der Waals surface area contributed by atoms with Gasteiger partial charge in [0.05, 0.1) is 5.75 Å². The normalized spacial score (nSPS) is 12.4. The minimum atomic E-state index is -3.31. The number of rotatable bonds is 4. The van der Waals surface area contributed by atoms with Gasteiger partial charge in [0, 0.05) is 11.3 Å². The lowest BCUT2D eigenvalue weighted by atomic mass is 10.2. The van der Waals surface area contributed by atoms with Crippen LogP contribution >= 0.6 is 0 Å². The number of hydrogen-bond acceptors (Lipinski definition) is 4.